The lowest BCUT2D eigenvalue weighted by Gasteiger charge is -2.25. The molecule has 1 N–H and O–H groups in total. The van der Waals surface area contributed by atoms with Crippen molar-refractivity contribution in [1.82, 2.24) is 10.2 Å². The van der Waals surface area contributed by atoms with Gasteiger partial charge in [-0.25, -0.2) is 0 Å². The third kappa shape index (κ3) is 4.64. The van der Waals surface area contributed by atoms with Gasteiger partial charge in [0.25, 0.3) is 0 Å². The largest absolute Gasteiger partial charge is 0.345 e. The molecular formula is C17H26N2O. The maximum Gasteiger partial charge on any atom is 0.226 e. The van der Waals surface area contributed by atoms with Crippen LogP contribution in [0, 0.1) is 12.8 Å². The zero-order chi connectivity index (χ0) is 14.4. The highest BCUT2D eigenvalue weighted by Crippen LogP contribution is 2.16. The van der Waals surface area contributed by atoms with E-state index in [-0.39, 0.29) is 5.91 Å². The van der Waals surface area contributed by atoms with Gasteiger partial charge in [0.1, 0.15) is 0 Å². The Morgan fingerprint density at radius 3 is 2.80 bits per heavy atom. The Kier molecular flexibility index (Phi) is 5.60. The number of piperidine rings is 1. The third-order valence-corrected chi connectivity index (χ3v) is 4.20. The summed E-state index contributed by atoms with van der Waals surface area (Å²) < 4.78 is 0. The van der Waals surface area contributed by atoms with E-state index in [1.54, 1.807) is 0 Å². The van der Waals surface area contributed by atoms with Crippen molar-refractivity contribution in [1.29, 1.82) is 0 Å². The Balaban J connectivity index is 1.76. The topological polar surface area (TPSA) is 32.3 Å². The van der Waals surface area contributed by atoms with Crippen LogP contribution >= 0.6 is 0 Å². The zero-order valence-corrected chi connectivity index (χ0v) is 12.7. The average molecular weight is 274 g/mol. The van der Waals surface area contributed by atoms with E-state index in [4.69, 9.17) is 0 Å². The Morgan fingerprint density at radius 1 is 1.35 bits per heavy atom. The standard InChI is InChI=1S/C17H26N2O/c1-14-4-3-5-16(12-14)13-17(20)19(2)11-8-15-6-9-18-10-7-15/h3-5,12,15,18H,6-11,13H2,1-2H3. The minimum absolute atomic E-state index is 0.226. The number of hydrogen-bond acceptors (Lipinski definition) is 2. The molecule has 0 unspecified atom stereocenters. The van der Waals surface area contributed by atoms with Gasteiger partial charge in [-0.3, -0.25) is 4.79 Å². The molecule has 0 saturated carbocycles. The highest BCUT2D eigenvalue weighted by Gasteiger charge is 2.15. The third-order valence-electron chi connectivity index (χ3n) is 4.20. The molecule has 1 aliphatic heterocycles. The summed E-state index contributed by atoms with van der Waals surface area (Å²) in [6.07, 6.45) is 4.15. The number of rotatable bonds is 5. The van der Waals surface area contributed by atoms with Crippen molar-refractivity contribution in [2.24, 2.45) is 5.92 Å². The van der Waals surface area contributed by atoms with Crippen LogP contribution in [0.3, 0.4) is 0 Å². The van der Waals surface area contributed by atoms with E-state index in [0.717, 1.165) is 37.5 Å². The number of nitrogens with one attached hydrogen (secondary N) is 1. The van der Waals surface area contributed by atoms with Crippen molar-refractivity contribution >= 4 is 5.91 Å². The molecule has 0 radical (unpaired) electrons. The maximum atomic E-state index is 12.2. The van der Waals surface area contributed by atoms with Crippen molar-refractivity contribution in [3.63, 3.8) is 0 Å². The normalized spacial score (nSPS) is 16.1. The Bertz CT molecular complexity index is 438. The number of aryl methyl sites for hydroxylation is 1. The fourth-order valence-electron chi connectivity index (χ4n) is 2.80. The Labute approximate surface area is 122 Å². The molecule has 1 aromatic carbocycles. The average Bonchev–Trinajstić information content (AvgIpc) is 2.46. The van der Waals surface area contributed by atoms with Crippen molar-refractivity contribution in [2.75, 3.05) is 26.7 Å². The number of benzene rings is 1. The minimum atomic E-state index is 0.226. The number of hydrogen-bond donors (Lipinski definition) is 1. The quantitative estimate of drug-likeness (QED) is 0.894. The summed E-state index contributed by atoms with van der Waals surface area (Å²) in [7, 11) is 1.93. The molecule has 0 aromatic heterocycles. The first kappa shape index (κ1) is 15.0. The smallest absolute Gasteiger partial charge is 0.226 e. The minimum Gasteiger partial charge on any atom is -0.345 e. The fraction of sp³-hybridized carbons (Fsp3) is 0.588. The summed E-state index contributed by atoms with van der Waals surface area (Å²) >= 11 is 0. The highest BCUT2D eigenvalue weighted by atomic mass is 16.2. The van der Waals surface area contributed by atoms with E-state index in [1.807, 2.05) is 24.1 Å². The molecule has 1 heterocycles. The van der Waals surface area contributed by atoms with Gasteiger partial charge in [0.05, 0.1) is 6.42 Å². The molecule has 3 nitrogen and oxygen atoms in total. The van der Waals surface area contributed by atoms with Crippen LogP contribution in [0.15, 0.2) is 24.3 Å². The molecule has 20 heavy (non-hydrogen) atoms. The lowest BCUT2D eigenvalue weighted by Crippen LogP contribution is -2.33. The van der Waals surface area contributed by atoms with E-state index in [1.165, 1.54) is 18.4 Å². The van der Waals surface area contributed by atoms with Gasteiger partial charge in [0, 0.05) is 13.6 Å². The molecule has 1 amide bonds. The second-order valence-corrected chi connectivity index (χ2v) is 5.96. The first-order valence-electron chi connectivity index (χ1n) is 7.65. The lowest BCUT2D eigenvalue weighted by molar-refractivity contribution is -0.129. The van der Waals surface area contributed by atoms with Crippen LogP contribution in [0.25, 0.3) is 0 Å². The molecule has 1 saturated heterocycles. The maximum absolute atomic E-state index is 12.2. The fourth-order valence-corrected chi connectivity index (χ4v) is 2.80. The molecule has 0 atom stereocenters. The Hall–Kier alpha value is -1.35. The van der Waals surface area contributed by atoms with Crippen LogP contribution in [-0.4, -0.2) is 37.5 Å². The molecule has 3 heteroatoms. The number of amides is 1. The van der Waals surface area contributed by atoms with E-state index >= 15 is 0 Å². The van der Waals surface area contributed by atoms with Gasteiger partial charge in [0.2, 0.25) is 5.91 Å². The predicted octanol–water partition coefficient (Wildman–Crippen LogP) is 2.39. The van der Waals surface area contributed by atoms with Gasteiger partial charge in [0.15, 0.2) is 0 Å². The van der Waals surface area contributed by atoms with Crippen molar-refractivity contribution < 1.29 is 4.79 Å². The number of nitrogens with zero attached hydrogens (tertiary/aromatic N) is 1. The molecule has 0 aliphatic carbocycles. The van der Waals surface area contributed by atoms with Crippen molar-refractivity contribution in [3.8, 4) is 0 Å². The molecular weight excluding hydrogens is 248 g/mol. The lowest BCUT2D eigenvalue weighted by atomic mass is 9.94. The van der Waals surface area contributed by atoms with E-state index in [9.17, 15) is 4.79 Å². The van der Waals surface area contributed by atoms with Crippen LogP contribution in [0.2, 0.25) is 0 Å². The van der Waals surface area contributed by atoms with Crippen LogP contribution in [0.5, 0.6) is 0 Å². The summed E-state index contributed by atoms with van der Waals surface area (Å²) in [6, 6.07) is 8.21. The summed E-state index contributed by atoms with van der Waals surface area (Å²) in [4.78, 5) is 14.1. The highest BCUT2D eigenvalue weighted by molar-refractivity contribution is 5.78. The van der Waals surface area contributed by atoms with Crippen molar-refractivity contribution in [2.45, 2.75) is 32.6 Å². The molecule has 110 valence electrons. The second kappa shape index (κ2) is 7.44. The number of carbonyl (C=O) groups excluding carboxylic acids is 1. The van der Waals surface area contributed by atoms with E-state index in [2.05, 4.69) is 24.4 Å². The van der Waals surface area contributed by atoms with Gasteiger partial charge in [-0.2, -0.15) is 0 Å². The first-order chi connectivity index (χ1) is 9.65. The van der Waals surface area contributed by atoms with Gasteiger partial charge in [-0.05, 0) is 50.8 Å². The van der Waals surface area contributed by atoms with E-state index in [0.29, 0.717) is 6.42 Å². The van der Waals surface area contributed by atoms with Gasteiger partial charge in [-0.1, -0.05) is 29.8 Å². The Morgan fingerprint density at radius 2 is 2.10 bits per heavy atom. The van der Waals surface area contributed by atoms with Crippen LogP contribution in [-0.2, 0) is 11.2 Å². The number of carbonyl (C=O) groups is 1. The van der Waals surface area contributed by atoms with E-state index < -0.39 is 0 Å². The van der Waals surface area contributed by atoms with Gasteiger partial charge >= 0.3 is 0 Å². The van der Waals surface area contributed by atoms with Crippen molar-refractivity contribution in [3.05, 3.63) is 35.4 Å². The summed E-state index contributed by atoms with van der Waals surface area (Å²) in [5, 5.41) is 3.38. The summed E-state index contributed by atoms with van der Waals surface area (Å²) in [5.74, 6) is 1.01. The molecule has 0 bridgehead atoms. The predicted molar refractivity (Wildman–Crippen MR) is 82.7 cm³/mol. The summed E-state index contributed by atoms with van der Waals surface area (Å²) in [5.41, 5.74) is 2.33. The SMILES string of the molecule is Cc1cccc(CC(=O)N(C)CCC2CCNCC2)c1. The molecule has 1 fully saturated rings. The zero-order valence-electron chi connectivity index (χ0n) is 12.7. The summed E-state index contributed by atoms with van der Waals surface area (Å²) in [6.45, 7) is 5.21. The van der Waals surface area contributed by atoms with Gasteiger partial charge < -0.3 is 10.2 Å². The molecule has 1 aromatic rings. The molecule has 0 spiro atoms. The van der Waals surface area contributed by atoms with Crippen LogP contribution in [0.1, 0.15) is 30.4 Å². The monoisotopic (exact) mass is 274 g/mol. The van der Waals surface area contributed by atoms with Crippen LogP contribution in [0.4, 0.5) is 0 Å². The number of likely N-dealkylation sites (N-methyl/N-ethyl adjacent to an activating group) is 1. The first-order valence-corrected chi connectivity index (χ1v) is 7.65. The van der Waals surface area contributed by atoms with Crippen LogP contribution < -0.4 is 5.32 Å². The molecule has 2 rings (SSSR count). The molecule has 1 aliphatic rings. The second-order valence-electron chi connectivity index (χ2n) is 5.96. The van der Waals surface area contributed by atoms with Gasteiger partial charge in [-0.15, -0.1) is 0 Å².